The molecule has 0 atom stereocenters. The van der Waals surface area contributed by atoms with Crippen molar-refractivity contribution in [1.82, 2.24) is 0 Å². The predicted octanol–water partition coefficient (Wildman–Crippen LogP) is 2.06. The normalized spacial score (nSPS) is 12.2. The van der Waals surface area contributed by atoms with E-state index in [2.05, 4.69) is 5.32 Å². The van der Waals surface area contributed by atoms with Crippen LogP contribution in [-0.2, 0) is 14.8 Å². The summed E-state index contributed by atoms with van der Waals surface area (Å²) in [6.07, 6.45) is 6.28. The van der Waals surface area contributed by atoms with Gasteiger partial charge >= 0.3 is 0 Å². The number of nitrogens with two attached hydrogens (primary N) is 1. The summed E-state index contributed by atoms with van der Waals surface area (Å²) in [7, 11) is -3.84. The molecule has 7 heteroatoms. The molecule has 1 rings (SSSR count). The highest BCUT2D eigenvalue weighted by molar-refractivity contribution is 7.89. The third kappa shape index (κ3) is 4.86. The quantitative estimate of drug-likeness (QED) is 0.659. The molecule has 0 saturated carbocycles. The Balaban J connectivity index is 2.98. The first-order valence-electron chi connectivity index (χ1n) is 5.27. The molecule has 0 radical (unpaired) electrons. The highest BCUT2D eigenvalue weighted by atomic mass is 35.5. The van der Waals surface area contributed by atoms with Gasteiger partial charge in [0.25, 0.3) is 0 Å². The zero-order chi connectivity index (χ0) is 14.5. The van der Waals surface area contributed by atoms with Gasteiger partial charge in [0.05, 0.1) is 15.6 Å². The molecule has 19 heavy (non-hydrogen) atoms. The van der Waals surface area contributed by atoms with Gasteiger partial charge in [-0.25, -0.2) is 13.6 Å². The van der Waals surface area contributed by atoms with E-state index in [1.807, 2.05) is 6.92 Å². The summed E-state index contributed by atoms with van der Waals surface area (Å²) >= 11 is 5.86. The molecule has 0 bridgehead atoms. The van der Waals surface area contributed by atoms with Gasteiger partial charge in [-0.2, -0.15) is 0 Å². The second-order valence-electron chi connectivity index (χ2n) is 3.56. The third-order valence-electron chi connectivity index (χ3n) is 2.08. The molecule has 102 valence electrons. The van der Waals surface area contributed by atoms with E-state index in [-0.39, 0.29) is 15.6 Å². The monoisotopic (exact) mass is 300 g/mol. The molecule has 0 aliphatic rings. The topological polar surface area (TPSA) is 89.3 Å². The standard InChI is InChI=1S/C12H13ClN2O3S/c1-2-3-4-5-12(16)15-11-8-9(19(14,17)18)6-7-10(11)13/h2-8H,1H3,(H,15,16)(H2,14,17,18)/b3-2+,5-4+. The molecule has 0 aliphatic carbocycles. The van der Waals surface area contributed by atoms with E-state index in [9.17, 15) is 13.2 Å². The average molecular weight is 301 g/mol. The van der Waals surface area contributed by atoms with Crippen LogP contribution in [0.4, 0.5) is 5.69 Å². The van der Waals surface area contributed by atoms with Crippen molar-refractivity contribution >= 4 is 33.2 Å². The van der Waals surface area contributed by atoms with Crippen LogP contribution in [0.15, 0.2) is 47.4 Å². The highest BCUT2D eigenvalue weighted by Crippen LogP contribution is 2.24. The smallest absolute Gasteiger partial charge is 0.248 e. The van der Waals surface area contributed by atoms with E-state index in [1.165, 1.54) is 24.3 Å². The summed E-state index contributed by atoms with van der Waals surface area (Å²) < 4.78 is 22.4. The number of nitrogens with one attached hydrogen (secondary N) is 1. The minimum absolute atomic E-state index is 0.121. The Morgan fingerprint density at radius 3 is 2.63 bits per heavy atom. The van der Waals surface area contributed by atoms with Crippen molar-refractivity contribution in [3.63, 3.8) is 0 Å². The fourth-order valence-corrected chi connectivity index (χ4v) is 1.91. The first kappa shape index (κ1) is 15.4. The Bertz CT molecular complexity index is 636. The molecule has 3 N–H and O–H groups in total. The lowest BCUT2D eigenvalue weighted by Gasteiger charge is -2.06. The molecule has 0 aromatic heterocycles. The molecule has 1 amide bonds. The number of carbonyl (C=O) groups is 1. The SMILES string of the molecule is C/C=C/C=C/C(=O)Nc1cc(S(N)(=O)=O)ccc1Cl. The number of anilines is 1. The summed E-state index contributed by atoms with van der Waals surface area (Å²) in [6, 6.07) is 3.83. The van der Waals surface area contributed by atoms with E-state index >= 15 is 0 Å². The van der Waals surface area contributed by atoms with Gasteiger partial charge in [0.1, 0.15) is 0 Å². The van der Waals surface area contributed by atoms with E-state index in [0.29, 0.717) is 0 Å². The molecule has 1 aromatic rings. The molecule has 1 aromatic carbocycles. The van der Waals surface area contributed by atoms with Crippen molar-refractivity contribution < 1.29 is 13.2 Å². The van der Waals surface area contributed by atoms with Crippen LogP contribution in [-0.4, -0.2) is 14.3 Å². The molecule has 0 heterocycles. The van der Waals surface area contributed by atoms with Gasteiger partial charge in [0, 0.05) is 6.08 Å². The first-order valence-corrected chi connectivity index (χ1v) is 7.19. The van der Waals surface area contributed by atoms with E-state index in [4.69, 9.17) is 16.7 Å². The number of benzene rings is 1. The summed E-state index contributed by atoms with van der Waals surface area (Å²) in [5.41, 5.74) is 0.184. The average Bonchev–Trinajstić information content (AvgIpc) is 2.31. The molecular formula is C12H13ClN2O3S. The van der Waals surface area contributed by atoms with Crippen LogP contribution in [0.1, 0.15) is 6.92 Å². The highest BCUT2D eigenvalue weighted by Gasteiger charge is 2.11. The van der Waals surface area contributed by atoms with Crippen molar-refractivity contribution in [2.45, 2.75) is 11.8 Å². The van der Waals surface area contributed by atoms with Crippen LogP contribution in [0.3, 0.4) is 0 Å². The maximum absolute atomic E-state index is 11.5. The lowest BCUT2D eigenvalue weighted by atomic mass is 10.3. The fourth-order valence-electron chi connectivity index (χ4n) is 1.21. The van der Waals surface area contributed by atoms with E-state index in [0.717, 1.165) is 0 Å². The third-order valence-corrected chi connectivity index (χ3v) is 3.32. The van der Waals surface area contributed by atoms with Gasteiger partial charge in [-0.3, -0.25) is 4.79 Å². The van der Waals surface area contributed by atoms with Crippen molar-refractivity contribution in [2.75, 3.05) is 5.32 Å². The number of halogens is 1. The van der Waals surface area contributed by atoms with Crippen LogP contribution in [0.2, 0.25) is 5.02 Å². The molecule has 0 saturated heterocycles. The number of sulfonamides is 1. The van der Waals surface area contributed by atoms with Gasteiger partial charge < -0.3 is 5.32 Å². The van der Waals surface area contributed by atoms with Crippen LogP contribution >= 0.6 is 11.6 Å². The van der Waals surface area contributed by atoms with Crippen molar-refractivity contribution in [2.24, 2.45) is 5.14 Å². The maximum Gasteiger partial charge on any atom is 0.248 e. The number of allylic oxidation sites excluding steroid dienone is 3. The Hall–Kier alpha value is -1.63. The summed E-state index contributed by atoms with van der Waals surface area (Å²) in [6.45, 7) is 1.81. The number of amides is 1. The van der Waals surface area contributed by atoms with E-state index < -0.39 is 15.9 Å². The number of hydrogen-bond donors (Lipinski definition) is 2. The van der Waals surface area contributed by atoms with Gasteiger partial charge in [-0.1, -0.05) is 29.8 Å². The zero-order valence-corrected chi connectivity index (χ0v) is 11.7. The molecule has 0 spiro atoms. The molecule has 0 unspecified atom stereocenters. The van der Waals surface area contributed by atoms with Crippen LogP contribution in [0, 0.1) is 0 Å². The fraction of sp³-hybridized carbons (Fsp3) is 0.0833. The number of primary sulfonamides is 1. The van der Waals surface area contributed by atoms with Crippen molar-refractivity contribution in [1.29, 1.82) is 0 Å². The minimum Gasteiger partial charge on any atom is -0.321 e. The van der Waals surface area contributed by atoms with Crippen molar-refractivity contribution in [3.8, 4) is 0 Å². The van der Waals surface area contributed by atoms with Gasteiger partial charge in [0.15, 0.2) is 0 Å². The summed E-state index contributed by atoms with van der Waals surface area (Å²) in [5.74, 6) is -0.424. The maximum atomic E-state index is 11.5. The summed E-state index contributed by atoms with van der Waals surface area (Å²) in [4.78, 5) is 11.4. The Morgan fingerprint density at radius 2 is 2.05 bits per heavy atom. The Morgan fingerprint density at radius 1 is 1.37 bits per heavy atom. The second kappa shape index (κ2) is 6.51. The zero-order valence-electron chi connectivity index (χ0n) is 10.1. The van der Waals surface area contributed by atoms with Gasteiger partial charge in [-0.15, -0.1) is 0 Å². The van der Waals surface area contributed by atoms with Gasteiger partial charge in [0.2, 0.25) is 15.9 Å². The lowest BCUT2D eigenvalue weighted by Crippen LogP contribution is -2.14. The van der Waals surface area contributed by atoms with Crippen LogP contribution in [0.5, 0.6) is 0 Å². The Labute approximate surface area is 116 Å². The number of rotatable bonds is 4. The van der Waals surface area contributed by atoms with Crippen LogP contribution in [0.25, 0.3) is 0 Å². The lowest BCUT2D eigenvalue weighted by molar-refractivity contribution is -0.111. The minimum atomic E-state index is -3.84. The van der Waals surface area contributed by atoms with Crippen molar-refractivity contribution in [3.05, 3.63) is 47.5 Å². The first-order chi connectivity index (χ1) is 8.84. The second-order valence-corrected chi connectivity index (χ2v) is 5.53. The van der Waals surface area contributed by atoms with E-state index in [1.54, 1.807) is 18.2 Å². The molecule has 0 fully saturated rings. The molecule has 5 nitrogen and oxygen atoms in total. The summed E-state index contributed by atoms with van der Waals surface area (Å²) in [5, 5.41) is 7.69. The van der Waals surface area contributed by atoms with Gasteiger partial charge in [-0.05, 0) is 25.1 Å². The Kier molecular flexibility index (Phi) is 5.29. The van der Waals surface area contributed by atoms with Crippen LogP contribution < -0.4 is 10.5 Å². The largest absolute Gasteiger partial charge is 0.321 e. The number of carbonyl (C=O) groups excluding carboxylic acids is 1. The number of hydrogen-bond acceptors (Lipinski definition) is 3. The molecular weight excluding hydrogens is 288 g/mol. The predicted molar refractivity (Wildman–Crippen MR) is 75.4 cm³/mol. The molecule has 0 aliphatic heterocycles.